The van der Waals surface area contributed by atoms with E-state index in [4.69, 9.17) is 11.6 Å². The molecule has 2 amide bonds. The monoisotopic (exact) mass is 552 g/mol. The lowest BCUT2D eigenvalue weighted by atomic mass is 9.85. The molecule has 3 aliphatic rings. The van der Waals surface area contributed by atoms with Gasteiger partial charge in [0.2, 0.25) is 11.8 Å². The highest BCUT2D eigenvalue weighted by Gasteiger charge is 2.48. The molecule has 204 valence electrons. The van der Waals surface area contributed by atoms with Gasteiger partial charge in [0, 0.05) is 41.1 Å². The summed E-state index contributed by atoms with van der Waals surface area (Å²) >= 11 is 6.21. The highest BCUT2D eigenvalue weighted by molar-refractivity contribution is 6.30. The maximum absolute atomic E-state index is 14.1. The molecule has 2 saturated heterocycles. The van der Waals surface area contributed by atoms with E-state index in [1.165, 1.54) is 5.56 Å². The van der Waals surface area contributed by atoms with E-state index in [0.29, 0.717) is 23.9 Å². The number of hydrogen-bond donors (Lipinski definition) is 1. The number of benzene rings is 3. The zero-order valence-corrected chi connectivity index (χ0v) is 23.2. The molecule has 2 atom stereocenters. The van der Waals surface area contributed by atoms with Crippen molar-refractivity contribution < 1.29 is 9.59 Å². The zero-order chi connectivity index (χ0) is 27.2. The number of carbonyl (C=O) groups is 2. The average molecular weight is 553 g/mol. The van der Waals surface area contributed by atoms with Crippen molar-refractivity contribution in [1.29, 1.82) is 0 Å². The first-order valence-electron chi connectivity index (χ1n) is 14.3. The maximum Gasteiger partial charge on any atom is 0.246 e. The first-order chi connectivity index (χ1) is 19.5. The molecule has 3 aliphatic heterocycles. The lowest BCUT2D eigenvalue weighted by Gasteiger charge is -2.48. The Hall–Kier alpha value is -3.61. The van der Waals surface area contributed by atoms with Gasteiger partial charge in [-0.1, -0.05) is 72.3 Å². The summed E-state index contributed by atoms with van der Waals surface area (Å²) in [4.78, 5) is 37.7. The largest absolute Gasteiger partial charge is 0.356 e. The predicted octanol–water partition coefficient (Wildman–Crippen LogP) is 5.42. The molecule has 3 aromatic carbocycles. The van der Waals surface area contributed by atoms with Gasteiger partial charge in [0.05, 0.1) is 12.6 Å². The van der Waals surface area contributed by atoms with Gasteiger partial charge in [-0.3, -0.25) is 14.5 Å². The van der Waals surface area contributed by atoms with E-state index < -0.39 is 6.04 Å². The molecule has 0 radical (unpaired) electrons. The van der Waals surface area contributed by atoms with Crippen LogP contribution < -0.4 is 0 Å². The van der Waals surface area contributed by atoms with Crippen molar-refractivity contribution in [3.8, 4) is 0 Å². The fraction of sp³-hybridized carbons (Fsp3) is 0.333. The summed E-state index contributed by atoms with van der Waals surface area (Å²) < 4.78 is 0. The van der Waals surface area contributed by atoms with Crippen LogP contribution in [-0.4, -0.2) is 63.7 Å². The summed E-state index contributed by atoms with van der Waals surface area (Å²) in [5, 5.41) is 1.77. The van der Waals surface area contributed by atoms with Crippen LogP contribution in [0.2, 0.25) is 5.02 Å². The topological polar surface area (TPSA) is 59.7 Å². The van der Waals surface area contributed by atoms with Gasteiger partial charge in [0.25, 0.3) is 0 Å². The molecule has 0 saturated carbocycles. The van der Waals surface area contributed by atoms with Crippen molar-refractivity contribution in [2.75, 3.05) is 26.2 Å². The number of piperazine rings is 1. The molecule has 1 aromatic heterocycles. The Bertz CT molecular complexity index is 1540. The van der Waals surface area contributed by atoms with Crippen molar-refractivity contribution >= 4 is 34.3 Å². The summed E-state index contributed by atoms with van der Waals surface area (Å²) in [5.41, 5.74) is 5.46. The number of aromatic nitrogens is 1. The number of amides is 2. The number of nitrogens with one attached hydrogen (secondary N) is 1. The Morgan fingerprint density at radius 1 is 0.875 bits per heavy atom. The Kier molecular flexibility index (Phi) is 6.60. The quantitative estimate of drug-likeness (QED) is 0.360. The number of piperidine rings is 1. The van der Waals surface area contributed by atoms with E-state index in [2.05, 4.69) is 52.3 Å². The number of nitrogens with zero attached hydrogens (tertiary/aromatic N) is 3. The summed E-state index contributed by atoms with van der Waals surface area (Å²) in [6, 6.07) is 25.6. The van der Waals surface area contributed by atoms with Crippen LogP contribution in [0.5, 0.6) is 0 Å². The van der Waals surface area contributed by atoms with Crippen LogP contribution in [0.4, 0.5) is 0 Å². The van der Waals surface area contributed by atoms with Crippen LogP contribution in [0.1, 0.15) is 41.3 Å². The van der Waals surface area contributed by atoms with Gasteiger partial charge in [-0.05, 0) is 66.7 Å². The molecule has 4 heterocycles. The molecule has 40 heavy (non-hydrogen) atoms. The van der Waals surface area contributed by atoms with E-state index in [0.717, 1.165) is 60.2 Å². The Balaban J connectivity index is 1.12. The Morgan fingerprint density at radius 2 is 1.60 bits per heavy atom. The number of rotatable bonds is 5. The minimum atomic E-state index is -0.508. The van der Waals surface area contributed by atoms with Gasteiger partial charge in [-0.15, -0.1) is 0 Å². The molecule has 0 aliphatic carbocycles. The molecule has 0 bridgehead atoms. The molecule has 1 N–H and O–H groups in total. The Labute approximate surface area is 239 Å². The van der Waals surface area contributed by atoms with Gasteiger partial charge >= 0.3 is 0 Å². The number of carbonyl (C=O) groups excluding carboxylic acids is 2. The molecular weight excluding hydrogens is 520 g/mol. The van der Waals surface area contributed by atoms with Crippen molar-refractivity contribution in [2.24, 2.45) is 5.92 Å². The number of halogens is 1. The second-order valence-corrected chi connectivity index (χ2v) is 11.9. The van der Waals surface area contributed by atoms with Gasteiger partial charge in [-0.25, -0.2) is 0 Å². The maximum atomic E-state index is 14.1. The third-order valence-corrected chi connectivity index (χ3v) is 9.21. The van der Waals surface area contributed by atoms with E-state index >= 15 is 0 Å². The molecule has 4 aromatic rings. The molecule has 2 fully saturated rings. The number of hydrogen-bond acceptors (Lipinski definition) is 3. The molecule has 0 unspecified atom stereocenters. The summed E-state index contributed by atoms with van der Waals surface area (Å²) in [6.45, 7) is 3.79. The van der Waals surface area contributed by atoms with Crippen LogP contribution in [-0.2, 0) is 22.6 Å². The number of para-hydroxylation sites is 1. The van der Waals surface area contributed by atoms with Crippen LogP contribution in [0.15, 0.2) is 78.9 Å². The number of aromatic amines is 1. The van der Waals surface area contributed by atoms with E-state index in [1.54, 1.807) is 0 Å². The summed E-state index contributed by atoms with van der Waals surface area (Å²) in [6.07, 6.45) is 2.61. The molecular formula is C33H33ClN4O2. The van der Waals surface area contributed by atoms with Crippen LogP contribution in [0, 0.1) is 5.92 Å². The summed E-state index contributed by atoms with van der Waals surface area (Å²) in [5.74, 6) is 0.492. The van der Waals surface area contributed by atoms with Crippen LogP contribution >= 0.6 is 11.6 Å². The SMILES string of the molecule is O=C1[C@@H]2Cc3c([nH]c4ccccc34)[C@@H](c3ccc(Cl)cc3)N2C(=O)CN1CC1CCN(Cc2ccccc2)CC1. The van der Waals surface area contributed by atoms with E-state index in [-0.39, 0.29) is 24.4 Å². The average Bonchev–Trinajstić information content (AvgIpc) is 3.35. The van der Waals surface area contributed by atoms with Crippen LogP contribution in [0.25, 0.3) is 10.9 Å². The minimum absolute atomic E-state index is 0.00960. The van der Waals surface area contributed by atoms with Crippen LogP contribution in [0.3, 0.4) is 0 Å². The second kappa shape index (κ2) is 10.4. The third kappa shape index (κ3) is 4.59. The van der Waals surface area contributed by atoms with Crippen molar-refractivity contribution in [2.45, 2.75) is 37.9 Å². The van der Waals surface area contributed by atoms with Gasteiger partial charge in [0.1, 0.15) is 6.04 Å². The van der Waals surface area contributed by atoms with Gasteiger partial charge in [-0.2, -0.15) is 0 Å². The minimum Gasteiger partial charge on any atom is -0.356 e. The Morgan fingerprint density at radius 3 is 2.38 bits per heavy atom. The van der Waals surface area contributed by atoms with Crippen molar-refractivity contribution in [3.63, 3.8) is 0 Å². The molecule has 7 heteroatoms. The fourth-order valence-electron chi connectivity index (χ4n) is 6.95. The predicted molar refractivity (Wildman–Crippen MR) is 157 cm³/mol. The first kappa shape index (κ1) is 25.4. The molecule has 0 spiro atoms. The number of likely N-dealkylation sites (tertiary alicyclic amines) is 1. The molecule has 7 rings (SSSR count). The lowest BCUT2D eigenvalue weighted by Crippen LogP contribution is -2.63. The smallest absolute Gasteiger partial charge is 0.246 e. The third-order valence-electron chi connectivity index (χ3n) is 8.96. The normalized spacial score (nSPS) is 22.0. The molecule has 6 nitrogen and oxygen atoms in total. The second-order valence-electron chi connectivity index (χ2n) is 11.5. The standard InChI is InChI=1S/C33H33ClN4O2/c34-25-12-10-24(11-13-25)32-31-27(26-8-4-5-9-28(26)35-31)18-29-33(40)37(21-30(39)38(29)32)20-23-14-16-36(17-15-23)19-22-6-2-1-3-7-22/h1-13,23,29,32,35H,14-21H2/t29-,32+/m0/s1. The zero-order valence-electron chi connectivity index (χ0n) is 22.4. The van der Waals surface area contributed by atoms with Crippen molar-refractivity contribution in [3.05, 3.63) is 106 Å². The van der Waals surface area contributed by atoms with Gasteiger partial charge in [0.15, 0.2) is 0 Å². The first-order valence-corrected chi connectivity index (χ1v) is 14.6. The van der Waals surface area contributed by atoms with E-state index in [9.17, 15) is 9.59 Å². The van der Waals surface area contributed by atoms with E-state index in [1.807, 2.05) is 46.2 Å². The number of H-pyrrole nitrogens is 1. The number of fused-ring (bicyclic) bond motifs is 4. The fourth-order valence-corrected chi connectivity index (χ4v) is 7.08. The van der Waals surface area contributed by atoms with Crippen molar-refractivity contribution in [1.82, 2.24) is 19.7 Å². The van der Waals surface area contributed by atoms with Gasteiger partial charge < -0.3 is 14.8 Å². The summed E-state index contributed by atoms with van der Waals surface area (Å²) in [7, 11) is 0. The lowest BCUT2D eigenvalue weighted by molar-refractivity contribution is -0.159. The highest BCUT2D eigenvalue weighted by Crippen LogP contribution is 2.43. The highest BCUT2D eigenvalue weighted by atomic mass is 35.5.